The molecule has 0 radical (unpaired) electrons. The van der Waals surface area contributed by atoms with Crippen molar-refractivity contribution in [3.05, 3.63) is 29.5 Å². The Bertz CT molecular complexity index is 851. The first-order valence-corrected chi connectivity index (χ1v) is 10.9. The molecule has 0 aromatic carbocycles. The lowest BCUT2D eigenvalue weighted by Gasteiger charge is -2.35. The molecule has 0 unspecified atom stereocenters. The number of nitrogens with one attached hydrogen (secondary N) is 1. The number of unbranched alkanes of at least 4 members (excludes halogenated alkanes) is 1. The zero-order valence-corrected chi connectivity index (χ0v) is 17.7. The number of carbonyl (C=O) groups excluding carboxylic acids is 1. The van der Waals surface area contributed by atoms with Crippen molar-refractivity contribution >= 4 is 11.6 Å². The van der Waals surface area contributed by atoms with E-state index in [4.69, 9.17) is 9.47 Å². The van der Waals surface area contributed by atoms with Gasteiger partial charge in [0.15, 0.2) is 11.3 Å². The predicted molar refractivity (Wildman–Crippen MR) is 110 cm³/mol. The van der Waals surface area contributed by atoms with Crippen molar-refractivity contribution in [2.45, 2.75) is 71.1 Å². The number of hydrogen-bond donors (Lipinski definition) is 1. The van der Waals surface area contributed by atoms with Crippen LogP contribution in [0.1, 0.15) is 67.3 Å². The highest BCUT2D eigenvalue weighted by Gasteiger charge is 2.44. The van der Waals surface area contributed by atoms with E-state index in [1.807, 2.05) is 17.4 Å². The van der Waals surface area contributed by atoms with E-state index < -0.39 is 0 Å². The van der Waals surface area contributed by atoms with Gasteiger partial charge in [-0.1, -0.05) is 13.3 Å². The standard InChI is InChI=1S/C22H32N4O3/c1-4-5-8-29-18-10-15-6-7-16(11-18)19(15)25-22(27)20-21-24-17(12-28-3)9-14(2)26(21)13-23-20/h9,13,15-16,18-19H,4-8,10-12H2,1-3H3,(H,25,27)/t15-,16+,18-,19-. The molecule has 7 nitrogen and oxygen atoms in total. The van der Waals surface area contributed by atoms with E-state index in [1.54, 1.807) is 13.4 Å². The second-order valence-corrected chi connectivity index (χ2v) is 8.52. The molecule has 2 bridgehead atoms. The Balaban J connectivity index is 1.46. The summed E-state index contributed by atoms with van der Waals surface area (Å²) < 4.78 is 13.2. The number of methoxy groups -OCH3 is 1. The lowest BCUT2D eigenvalue weighted by Crippen LogP contribution is -2.46. The molecule has 0 saturated heterocycles. The molecule has 7 heteroatoms. The van der Waals surface area contributed by atoms with Gasteiger partial charge in [-0.2, -0.15) is 0 Å². The number of rotatable bonds is 8. The molecule has 2 heterocycles. The second-order valence-electron chi connectivity index (χ2n) is 8.52. The van der Waals surface area contributed by atoms with Gasteiger partial charge >= 0.3 is 0 Å². The summed E-state index contributed by atoms with van der Waals surface area (Å²) in [6.45, 7) is 5.44. The van der Waals surface area contributed by atoms with Gasteiger partial charge in [0, 0.05) is 25.5 Å². The number of ether oxygens (including phenoxy) is 2. The van der Waals surface area contributed by atoms with Crippen LogP contribution in [-0.4, -0.2) is 46.1 Å². The van der Waals surface area contributed by atoms with E-state index >= 15 is 0 Å². The third kappa shape index (κ3) is 4.16. The maximum Gasteiger partial charge on any atom is 0.274 e. The Kier molecular flexibility index (Phi) is 6.15. The average molecular weight is 401 g/mol. The fourth-order valence-corrected chi connectivity index (χ4v) is 5.03. The van der Waals surface area contributed by atoms with Crippen molar-refractivity contribution in [2.75, 3.05) is 13.7 Å². The van der Waals surface area contributed by atoms with Gasteiger partial charge in [0.05, 0.1) is 18.4 Å². The van der Waals surface area contributed by atoms with E-state index in [9.17, 15) is 4.79 Å². The van der Waals surface area contributed by atoms with Crippen LogP contribution >= 0.6 is 0 Å². The molecule has 2 aliphatic carbocycles. The summed E-state index contributed by atoms with van der Waals surface area (Å²) in [5, 5.41) is 3.29. The molecule has 4 rings (SSSR count). The number of aromatic nitrogens is 3. The fraction of sp³-hybridized carbons (Fsp3) is 0.682. The Morgan fingerprint density at radius 1 is 1.31 bits per heavy atom. The van der Waals surface area contributed by atoms with Crippen LogP contribution in [0.15, 0.2) is 12.4 Å². The van der Waals surface area contributed by atoms with Crippen LogP contribution in [0.25, 0.3) is 5.65 Å². The molecule has 158 valence electrons. The van der Waals surface area contributed by atoms with Crippen LogP contribution in [0.3, 0.4) is 0 Å². The van der Waals surface area contributed by atoms with E-state index in [1.165, 1.54) is 12.8 Å². The van der Waals surface area contributed by atoms with Crippen LogP contribution in [0.4, 0.5) is 0 Å². The summed E-state index contributed by atoms with van der Waals surface area (Å²) in [6.07, 6.45) is 8.74. The molecule has 2 saturated carbocycles. The molecule has 1 N–H and O–H groups in total. The number of fused-ring (bicyclic) bond motifs is 3. The molecular formula is C22H32N4O3. The lowest BCUT2D eigenvalue weighted by molar-refractivity contribution is -0.00121. The Morgan fingerprint density at radius 2 is 2.07 bits per heavy atom. The van der Waals surface area contributed by atoms with Gasteiger partial charge < -0.3 is 14.8 Å². The molecule has 2 aliphatic rings. The zero-order valence-electron chi connectivity index (χ0n) is 17.7. The summed E-state index contributed by atoms with van der Waals surface area (Å²) >= 11 is 0. The van der Waals surface area contributed by atoms with Crippen LogP contribution < -0.4 is 5.32 Å². The van der Waals surface area contributed by atoms with Gasteiger partial charge in [-0.25, -0.2) is 9.97 Å². The first-order valence-electron chi connectivity index (χ1n) is 10.9. The Hall–Kier alpha value is -1.99. The van der Waals surface area contributed by atoms with Crippen molar-refractivity contribution in [3.8, 4) is 0 Å². The van der Waals surface area contributed by atoms with Crippen LogP contribution in [0.2, 0.25) is 0 Å². The summed E-state index contributed by atoms with van der Waals surface area (Å²) in [4.78, 5) is 22.1. The molecule has 2 aromatic rings. The summed E-state index contributed by atoms with van der Waals surface area (Å²) in [7, 11) is 1.64. The maximum absolute atomic E-state index is 13.1. The van der Waals surface area contributed by atoms with E-state index in [2.05, 4.69) is 22.2 Å². The minimum absolute atomic E-state index is 0.124. The Labute approximate surface area is 172 Å². The monoisotopic (exact) mass is 400 g/mol. The van der Waals surface area contributed by atoms with E-state index in [0.29, 0.717) is 35.9 Å². The molecule has 2 fully saturated rings. The van der Waals surface area contributed by atoms with Crippen molar-refractivity contribution in [1.82, 2.24) is 19.7 Å². The highest BCUT2D eigenvalue weighted by atomic mass is 16.5. The first kappa shape index (κ1) is 20.3. The van der Waals surface area contributed by atoms with Crippen molar-refractivity contribution in [3.63, 3.8) is 0 Å². The van der Waals surface area contributed by atoms with Gasteiger partial charge in [-0.3, -0.25) is 9.20 Å². The minimum Gasteiger partial charge on any atom is -0.378 e. The van der Waals surface area contributed by atoms with E-state index in [-0.39, 0.29) is 11.9 Å². The highest BCUT2D eigenvalue weighted by Crippen LogP contribution is 2.43. The predicted octanol–water partition coefficient (Wildman–Crippen LogP) is 3.29. The number of hydrogen-bond acceptors (Lipinski definition) is 5. The highest BCUT2D eigenvalue weighted by molar-refractivity contribution is 5.98. The second kappa shape index (κ2) is 8.79. The molecule has 0 spiro atoms. The van der Waals surface area contributed by atoms with Crippen molar-refractivity contribution < 1.29 is 14.3 Å². The van der Waals surface area contributed by atoms with Crippen molar-refractivity contribution in [1.29, 1.82) is 0 Å². The summed E-state index contributed by atoms with van der Waals surface area (Å²) in [6, 6.07) is 2.17. The zero-order chi connectivity index (χ0) is 20.4. The molecule has 29 heavy (non-hydrogen) atoms. The number of amides is 1. The summed E-state index contributed by atoms with van der Waals surface area (Å²) in [5.41, 5.74) is 2.78. The lowest BCUT2D eigenvalue weighted by atomic mass is 9.82. The third-order valence-electron chi connectivity index (χ3n) is 6.46. The maximum atomic E-state index is 13.1. The quantitative estimate of drug-likeness (QED) is 0.688. The third-order valence-corrected chi connectivity index (χ3v) is 6.46. The molecule has 0 aliphatic heterocycles. The van der Waals surface area contributed by atoms with Gasteiger partial charge in [0.25, 0.3) is 5.91 Å². The summed E-state index contributed by atoms with van der Waals surface area (Å²) in [5.74, 6) is 0.870. The molecule has 1 amide bonds. The topological polar surface area (TPSA) is 77.8 Å². The molecule has 2 aromatic heterocycles. The van der Waals surface area contributed by atoms with Gasteiger partial charge in [-0.15, -0.1) is 0 Å². The van der Waals surface area contributed by atoms with Gasteiger partial charge in [0.2, 0.25) is 0 Å². The van der Waals surface area contributed by atoms with Crippen LogP contribution in [0, 0.1) is 18.8 Å². The van der Waals surface area contributed by atoms with E-state index in [0.717, 1.165) is 43.7 Å². The smallest absolute Gasteiger partial charge is 0.274 e. The van der Waals surface area contributed by atoms with Gasteiger partial charge in [0.1, 0.15) is 6.33 Å². The SMILES string of the molecule is CCCCO[C@@H]1C[C@H]2CC[C@@H](C1)[C@@H]2NC(=O)c1ncn2c(C)cc(COC)nc12. The number of aryl methyl sites for hydroxylation is 1. The number of imidazole rings is 1. The normalized spacial score (nSPS) is 26.2. The Morgan fingerprint density at radius 3 is 2.76 bits per heavy atom. The fourth-order valence-electron chi connectivity index (χ4n) is 5.03. The van der Waals surface area contributed by atoms with Crippen LogP contribution in [-0.2, 0) is 16.1 Å². The number of carbonyl (C=O) groups is 1. The van der Waals surface area contributed by atoms with Crippen molar-refractivity contribution in [2.24, 2.45) is 11.8 Å². The minimum atomic E-state index is -0.124. The molecule has 4 atom stereocenters. The molecular weight excluding hydrogens is 368 g/mol. The average Bonchev–Trinajstić information content (AvgIpc) is 3.21. The van der Waals surface area contributed by atoms with Gasteiger partial charge in [-0.05, 0) is 56.9 Å². The first-order chi connectivity index (χ1) is 14.1. The largest absolute Gasteiger partial charge is 0.378 e. The van der Waals surface area contributed by atoms with Crippen LogP contribution in [0.5, 0.6) is 0 Å². The number of nitrogens with zero attached hydrogens (tertiary/aromatic N) is 3.